The molecule has 0 aliphatic rings. The van der Waals surface area contributed by atoms with Gasteiger partial charge in [0.25, 0.3) is 0 Å². The molecule has 1 N–H and O–H groups in total. The van der Waals surface area contributed by atoms with Crippen LogP contribution in [0.4, 0.5) is 19.1 Å². The Balaban J connectivity index is 1.64. The number of fused-ring (bicyclic) bond motifs is 1. The number of nitrogens with zero attached hydrogens (tertiary/aromatic N) is 4. The normalized spacial score (nSPS) is 12.9. The van der Waals surface area contributed by atoms with Crippen LogP contribution in [0.1, 0.15) is 24.1 Å². The average Bonchev–Trinajstić information content (AvgIpc) is 3.11. The highest BCUT2D eigenvalue weighted by Crippen LogP contribution is 2.31. The van der Waals surface area contributed by atoms with Gasteiger partial charge in [-0.05, 0) is 36.8 Å². The molecule has 142 valence electrons. The number of anilines is 1. The number of alkyl halides is 3. The molecule has 2 heterocycles. The standard InChI is InChI=1S/C20H16F3N5/c1-13(14-5-3-2-4-6-14)26-19-24-10-9-18(27-19)28-12-25-16-11-15(20(21,22)23)7-8-17(16)28/h2-13H,1H3,(H,24,26,27). The fraction of sp³-hybridized carbons (Fsp3) is 0.150. The topological polar surface area (TPSA) is 55.6 Å². The van der Waals surface area contributed by atoms with Crippen molar-refractivity contribution in [3.05, 3.63) is 78.2 Å². The van der Waals surface area contributed by atoms with Gasteiger partial charge in [-0.25, -0.2) is 9.97 Å². The van der Waals surface area contributed by atoms with Crippen molar-refractivity contribution in [2.24, 2.45) is 0 Å². The highest BCUT2D eigenvalue weighted by atomic mass is 19.4. The van der Waals surface area contributed by atoms with Gasteiger partial charge in [0.15, 0.2) is 0 Å². The quantitative estimate of drug-likeness (QED) is 0.538. The lowest BCUT2D eigenvalue weighted by Crippen LogP contribution is -2.10. The molecule has 0 bridgehead atoms. The molecule has 0 saturated carbocycles. The molecule has 0 fully saturated rings. The summed E-state index contributed by atoms with van der Waals surface area (Å²) in [6, 6.07) is 15.0. The summed E-state index contributed by atoms with van der Waals surface area (Å²) in [6.07, 6.45) is -1.35. The zero-order chi connectivity index (χ0) is 19.7. The summed E-state index contributed by atoms with van der Waals surface area (Å²) in [5.41, 5.74) is 1.14. The predicted octanol–water partition coefficient (Wildman–Crippen LogP) is 5.01. The van der Waals surface area contributed by atoms with E-state index in [-0.39, 0.29) is 11.6 Å². The van der Waals surface area contributed by atoms with Crippen LogP contribution in [0.5, 0.6) is 0 Å². The number of benzene rings is 2. The van der Waals surface area contributed by atoms with E-state index in [4.69, 9.17) is 0 Å². The minimum Gasteiger partial charge on any atom is -0.348 e. The maximum absolute atomic E-state index is 12.9. The van der Waals surface area contributed by atoms with Crippen molar-refractivity contribution in [1.82, 2.24) is 19.5 Å². The minimum absolute atomic E-state index is 0.00896. The van der Waals surface area contributed by atoms with E-state index in [2.05, 4.69) is 20.3 Å². The van der Waals surface area contributed by atoms with Gasteiger partial charge in [0, 0.05) is 6.20 Å². The molecule has 2 aromatic carbocycles. The Morgan fingerprint density at radius 2 is 1.79 bits per heavy atom. The van der Waals surface area contributed by atoms with Crippen LogP contribution in [0.25, 0.3) is 16.9 Å². The summed E-state index contributed by atoms with van der Waals surface area (Å²) in [6.45, 7) is 2.00. The number of hydrogen-bond donors (Lipinski definition) is 1. The van der Waals surface area contributed by atoms with Crippen LogP contribution in [0.3, 0.4) is 0 Å². The summed E-state index contributed by atoms with van der Waals surface area (Å²) in [4.78, 5) is 12.8. The Bertz CT molecular complexity index is 1110. The van der Waals surface area contributed by atoms with Crippen LogP contribution in [-0.4, -0.2) is 19.5 Å². The molecular formula is C20H16F3N5. The largest absolute Gasteiger partial charge is 0.416 e. The maximum atomic E-state index is 12.9. The Morgan fingerprint density at radius 3 is 2.54 bits per heavy atom. The SMILES string of the molecule is CC(Nc1nccc(-n2cnc3cc(C(F)(F)F)ccc32)n1)c1ccccc1. The Labute approximate surface area is 158 Å². The molecule has 0 spiro atoms. The number of rotatable bonds is 4. The second kappa shape index (κ2) is 6.95. The average molecular weight is 383 g/mol. The fourth-order valence-electron chi connectivity index (χ4n) is 2.94. The summed E-state index contributed by atoms with van der Waals surface area (Å²) in [7, 11) is 0. The van der Waals surface area contributed by atoms with Crippen LogP contribution in [-0.2, 0) is 6.18 Å². The van der Waals surface area contributed by atoms with Gasteiger partial charge in [0.2, 0.25) is 5.95 Å². The number of imidazole rings is 1. The molecule has 1 unspecified atom stereocenters. The molecule has 0 radical (unpaired) electrons. The van der Waals surface area contributed by atoms with Crippen molar-refractivity contribution in [1.29, 1.82) is 0 Å². The second-order valence-electron chi connectivity index (χ2n) is 6.33. The predicted molar refractivity (Wildman–Crippen MR) is 100 cm³/mol. The van der Waals surface area contributed by atoms with E-state index in [0.717, 1.165) is 17.7 Å². The van der Waals surface area contributed by atoms with Crippen LogP contribution >= 0.6 is 0 Å². The molecule has 4 aromatic rings. The molecule has 0 aliphatic heterocycles. The first kappa shape index (κ1) is 18.0. The van der Waals surface area contributed by atoms with Crippen LogP contribution < -0.4 is 5.32 Å². The lowest BCUT2D eigenvalue weighted by Gasteiger charge is -2.14. The molecule has 1 atom stereocenters. The van der Waals surface area contributed by atoms with Crippen LogP contribution in [0.2, 0.25) is 0 Å². The second-order valence-corrected chi connectivity index (χ2v) is 6.33. The third-order valence-electron chi connectivity index (χ3n) is 4.41. The monoisotopic (exact) mass is 383 g/mol. The van der Waals surface area contributed by atoms with Gasteiger partial charge in [-0.3, -0.25) is 4.57 Å². The van der Waals surface area contributed by atoms with Crippen molar-refractivity contribution in [2.45, 2.75) is 19.1 Å². The van der Waals surface area contributed by atoms with Gasteiger partial charge >= 0.3 is 6.18 Å². The summed E-state index contributed by atoms with van der Waals surface area (Å²) >= 11 is 0. The third-order valence-corrected chi connectivity index (χ3v) is 4.41. The van der Waals surface area contributed by atoms with Crippen LogP contribution in [0, 0.1) is 0 Å². The van der Waals surface area contributed by atoms with Crippen molar-refractivity contribution in [3.63, 3.8) is 0 Å². The van der Waals surface area contributed by atoms with E-state index in [1.165, 1.54) is 12.4 Å². The smallest absolute Gasteiger partial charge is 0.348 e. The molecule has 0 aliphatic carbocycles. The Morgan fingerprint density at radius 1 is 1.00 bits per heavy atom. The Hall–Kier alpha value is -3.42. The van der Waals surface area contributed by atoms with Crippen molar-refractivity contribution >= 4 is 17.0 Å². The van der Waals surface area contributed by atoms with Crippen molar-refractivity contribution < 1.29 is 13.2 Å². The van der Waals surface area contributed by atoms with Crippen molar-refractivity contribution in [2.75, 3.05) is 5.32 Å². The zero-order valence-corrected chi connectivity index (χ0v) is 14.9. The Kier molecular flexibility index (Phi) is 4.46. The molecule has 8 heteroatoms. The number of nitrogens with one attached hydrogen (secondary N) is 1. The molecule has 5 nitrogen and oxygen atoms in total. The van der Waals surface area contributed by atoms with E-state index >= 15 is 0 Å². The van der Waals surface area contributed by atoms with E-state index < -0.39 is 11.7 Å². The number of aromatic nitrogens is 4. The van der Waals surface area contributed by atoms with Gasteiger partial charge in [0.05, 0.1) is 22.6 Å². The molecule has 2 aromatic heterocycles. The molecule has 0 amide bonds. The minimum atomic E-state index is -4.41. The first-order chi connectivity index (χ1) is 13.4. The molecule has 0 saturated heterocycles. The van der Waals surface area contributed by atoms with Crippen molar-refractivity contribution in [3.8, 4) is 5.82 Å². The highest BCUT2D eigenvalue weighted by Gasteiger charge is 2.30. The molecule has 28 heavy (non-hydrogen) atoms. The van der Waals surface area contributed by atoms with E-state index in [9.17, 15) is 13.2 Å². The number of halogens is 3. The number of hydrogen-bond acceptors (Lipinski definition) is 4. The molecular weight excluding hydrogens is 367 g/mol. The summed E-state index contributed by atoms with van der Waals surface area (Å²) in [5.74, 6) is 0.933. The summed E-state index contributed by atoms with van der Waals surface area (Å²) < 4.78 is 40.3. The summed E-state index contributed by atoms with van der Waals surface area (Å²) in [5, 5.41) is 3.23. The lowest BCUT2D eigenvalue weighted by molar-refractivity contribution is -0.137. The highest BCUT2D eigenvalue weighted by molar-refractivity contribution is 5.78. The van der Waals surface area contributed by atoms with E-state index in [1.807, 2.05) is 37.3 Å². The molecule has 4 rings (SSSR count). The maximum Gasteiger partial charge on any atom is 0.416 e. The van der Waals surface area contributed by atoms with Gasteiger partial charge in [-0.1, -0.05) is 30.3 Å². The van der Waals surface area contributed by atoms with Gasteiger partial charge in [0.1, 0.15) is 12.1 Å². The van der Waals surface area contributed by atoms with E-state index in [1.54, 1.807) is 16.8 Å². The van der Waals surface area contributed by atoms with Gasteiger partial charge in [-0.2, -0.15) is 18.2 Å². The van der Waals surface area contributed by atoms with Gasteiger partial charge in [-0.15, -0.1) is 0 Å². The van der Waals surface area contributed by atoms with E-state index in [0.29, 0.717) is 17.3 Å². The lowest BCUT2D eigenvalue weighted by atomic mass is 10.1. The first-order valence-corrected chi connectivity index (χ1v) is 8.61. The zero-order valence-electron chi connectivity index (χ0n) is 14.9. The van der Waals surface area contributed by atoms with Crippen LogP contribution in [0.15, 0.2) is 67.1 Å². The fourth-order valence-corrected chi connectivity index (χ4v) is 2.94. The first-order valence-electron chi connectivity index (χ1n) is 8.61. The van der Waals surface area contributed by atoms with Gasteiger partial charge < -0.3 is 5.32 Å². The third kappa shape index (κ3) is 3.53.